The number of nitrogens with zero attached hydrogens (tertiary/aromatic N) is 2. The number of ether oxygens (including phenoxy) is 3. The second kappa shape index (κ2) is 8.45. The first kappa shape index (κ1) is 19.8. The zero-order valence-corrected chi connectivity index (χ0v) is 16.7. The Morgan fingerprint density at radius 1 is 1.24 bits per heavy atom. The van der Waals surface area contributed by atoms with Crippen molar-refractivity contribution in [3.63, 3.8) is 0 Å². The van der Waals surface area contributed by atoms with Crippen molar-refractivity contribution in [1.29, 1.82) is 0 Å². The third kappa shape index (κ3) is 4.10. The number of aromatic nitrogens is 2. The molecule has 4 rings (SSSR count). The smallest absolute Gasteiger partial charge is 0.197 e. The molecular weight excluding hydrogens is 371 g/mol. The Morgan fingerprint density at radius 2 is 2.07 bits per heavy atom. The van der Waals surface area contributed by atoms with Crippen LogP contribution in [-0.4, -0.2) is 29.4 Å². The Balaban J connectivity index is 1.66. The number of hydrogen-bond donors (Lipinski definition) is 0. The quantitative estimate of drug-likeness (QED) is 0.615. The second-order valence-corrected chi connectivity index (χ2v) is 7.22. The molecule has 3 aromatic rings. The molecule has 2 aromatic carbocycles. The minimum atomic E-state index is -0.907. The molecular formula is C23H25FN2O3. The first-order chi connectivity index (χ1) is 14.1. The molecule has 2 heterocycles. The standard InChI is InChI=1S/C23H25FN2O3/c1-17-25-11-12-26(17)22-14-20(24)9-8-18(22)16-29-23(19-6-4-3-5-7-19)15-21(27-2)10-13-28-23/h3-9,11-12,14,21H,10,13,15-16H2,1-2H3. The van der Waals surface area contributed by atoms with E-state index in [0.29, 0.717) is 18.7 Å². The molecule has 0 amide bonds. The Hall–Kier alpha value is -2.54. The summed E-state index contributed by atoms with van der Waals surface area (Å²) in [5, 5.41) is 0. The summed E-state index contributed by atoms with van der Waals surface area (Å²) in [6.45, 7) is 2.69. The Bertz CT molecular complexity index is 960. The average Bonchev–Trinajstić information content (AvgIpc) is 3.19. The van der Waals surface area contributed by atoms with Crippen LogP contribution in [0, 0.1) is 12.7 Å². The van der Waals surface area contributed by atoms with Gasteiger partial charge in [0.2, 0.25) is 0 Å². The molecule has 1 aliphatic heterocycles. The normalized spacial score (nSPS) is 22.0. The number of aryl methyl sites for hydroxylation is 1. The highest BCUT2D eigenvalue weighted by molar-refractivity contribution is 5.42. The van der Waals surface area contributed by atoms with Gasteiger partial charge < -0.3 is 18.8 Å². The molecule has 5 nitrogen and oxygen atoms in total. The maximum atomic E-state index is 14.0. The van der Waals surface area contributed by atoms with Gasteiger partial charge in [0, 0.05) is 37.1 Å². The highest BCUT2D eigenvalue weighted by Crippen LogP contribution is 2.38. The number of imidazole rings is 1. The van der Waals surface area contributed by atoms with E-state index in [1.165, 1.54) is 12.1 Å². The molecule has 1 aliphatic rings. The summed E-state index contributed by atoms with van der Waals surface area (Å²) in [7, 11) is 1.71. The van der Waals surface area contributed by atoms with E-state index >= 15 is 0 Å². The van der Waals surface area contributed by atoms with Gasteiger partial charge in [0.15, 0.2) is 5.79 Å². The Kier molecular flexibility index (Phi) is 5.76. The number of benzene rings is 2. The molecule has 6 heteroatoms. The van der Waals surface area contributed by atoms with E-state index in [1.54, 1.807) is 19.4 Å². The van der Waals surface area contributed by atoms with Crippen molar-refractivity contribution in [2.75, 3.05) is 13.7 Å². The monoisotopic (exact) mass is 396 g/mol. The van der Waals surface area contributed by atoms with Crippen LogP contribution in [0.25, 0.3) is 5.69 Å². The van der Waals surface area contributed by atoms with Crippen LogP contribution in [0.4, 0.5) is 4.39 Å². The van der Waals surface area contributed by atoms with Crippen molar-refractivity contribution >= 4 is 0 Å². The first-order valence-corrected chi connectivity index (χ1v) is 9.76. The van der Waals surface area contributed by atoms with Gasteiger partial charge in [-0.25, -0.2) is 9.37 Å². The van der Waals surface area contributed by atoms with Crippen LogP contribution in [0.1, 0.15) is 29.8 Å². The van der Waals surface area contributed by atoms with Crippen LogP contribution in [0.15, 0.2) is 60.9 Å². The average molecular weight is 396 g/mol. The molecule has 29 heavy (non-hydrogen) atoms. The van der Waals surface area contributed by atoms with Crippen LogP contribution in [0.2, 0.25) is 0 Å². The third-order valence-corrected chi connectivity index (χ3v) is 5.41. The van der Waals surface area contributed by atoms with E-state index < -0.39 is 5.79 Å². The minimum absolute atomic E-state index is 0.0486. The van der Waals surface area contributed by atoms with Crippen LogP contribution < -0.4 is 0 Å². The predicted octanol–water partition coefficient (Wildman–Crippen LogP) is 4.51. The summed E-state index contributed by atoms with van der Waals surface area (Å²) in [5.41, 5.74) is 2.51. The third-order valence-electron chi connectivity index (χ3n) is 5.41. The number of halogens is 1. The second-order valence-electron chi connectivity index (χ2n) is 7.22. The van der Waals surface area contributed by atoms with Crippen LogP contribution >= 0.6 is 0 Å². The maximum Gasteiger partial charge on any atom is 0.197 e. The highest BCUT2D eigenvalue weighted by atomic mass is 19.1. The maximum absolute atomic E-state index is 14.0. The van der Waals surface area contributed by atoms with Gasteiger partial charge in [-0.05, 0) is 25.5 Å². The van der Waals surface area contributed by atoms with Gasteiger partial charge in [-0.15, -0.1) is 0 Å². The number of rotatable bonds is 6. The van der Waals surface area contributed by atoms with Gasteiger partial charge in [0.05, 0.1) is 25.0 Å². The van der Waals surface area contributed by atoms with E-state index in [-0.39, 0.29) is 18.5 Å². The van der Waals surface area contributed by atoms with Crippen molar-refractivity contribution in [3.8, 4) is 5.69 Å². The van der Waals surface area contributed by atoms with Crippen molar-refractivity contribution in [1.82, 2.24) is 9.55 Å². The van der Waals surface area contributed by atoms with Gasteiger partial charge in [0.25, 0.3) is 0 Å². The summed E-state index contributed by atoms with van der Waals surface area (Å²) in [6.07, 6.45) is 4.98. The van der Waals surface area contributed by atoms with Gasteiger partial charge in [-0.1, -0.05) is 36.4 Å². The fourth-order valence-electron chi connectivity index (χ4n) is 3.80. The van der Waals surface area contributed by atoms with Crippen LogP contribution in [0.5, 0.6) is 0 Å². The first-order valence-electron chi connectivity index (χ1n) is 9.76. The number of hydrogen-bond acceptors (Lipinski definition) is 4. The van der Waals surface area contributed by atoms with Gasteiger partial charge >= 0.3 is 0 Å². The molecule has 1 saturated heterocycles. The van der Waals surface area contributed by atoms with E-state index in [9.17, 15) is 4.39 Å². The molecule has 2 unspecified atom stereocenters. The molecule has 0 aliphatic carbocycles. The SMILES string of the molecule is COC1CCOC(OCc2ccc(F)cc2-n2ccnc2C)(c2ccccc2)C1. The van der Waals surface area contributed by atoms with Crippen molar-refractivity contribution in [2.45, 2.75) is 38.3 Å². The molecule has 1 fully saturated rings. The Labute approximate surface area is 170 Å². The van der Waals surface area contributed by atoms with E-state index in [4.69, 9.17) is 14.2 Å². The minimum Gasteiger partial charge on any atom is -0.381 e. The van der Waals surface area contributed by atoms with Crippen molar-refractivity contribution < 1.29 is 18.6 Å². The van der Waals surface area contributed by atoms with Gasteiger partial charge in [-0.2, -0.15) is 0 Å². The largest absolute Gasteiger partial charge is 0.381 e. The lowest BCUT2D eigenvalue weighted by Crippen LogP contribution is -2.42. The Morgan fingerprint density at radius 3 is 2.79 bits per heavy atom. The lowest BCUT2D eigenvalue weighted by molar-refractivity contribution is -0.288. The van der Waals surface area contributed by atoms with E-state index in [1.807, 2.05) is 48.0 Å². The molecule has 1 aromatic heterocycles. The van der Waals surface area contributed by atoms with E-state index in [0.717, 1.165) is 23.4 Å². The van der Waals surface area contributed by atoms with E-state index in [2.05, 4.69) is 4.98 Å². The number of methoxy groups -OCH3 is 1. The molecule has 152 valence electrons. The van der Waals surface area contributed by atoms with Crippen LogP contribution in [0.3, 0.4) is 0 Å². The molecule has 0 spiro atoms. The molecule has 0 saturated carbocycles. The highest BCUT2D eigenvalue weighted by Gasteiger charge is 2.40. The summed E-state index contributed by atoms with van der Waals surface area (Å²) in [4.78, 5) is 4.25. The summed E-state index contributed by atoms with van der Waals surface area (Å²) >= 11 is 0. The van der Waals surface area contributed by atoms with Gasteiger partial charge in [0.1, 0.15) is 11.6 Å². The zero-order chi connectivity index (χ0) is 20.3. The summed E-state index contributed by atoms with van der Waals surface area (Å²) in [6, 6.07) is 14.6. The van der Waals surface area contributed by atoms with Crippen molar-refractivity contribution in [2.24, 2.45) is 0 Å². The predicted molar refractivity (Wildman–Crippen MR) is 107 cm³/mol. The molecule has 0 N–H and O–H groups in total. The lowest BCUT2D eigenvalue weighted by atomic mass is 9.95. The van der Waals surface area contributed by atoms with Crippen LogP contribution in [-0.2, 0) is 26.6 Å². The fourth-order valence-corrected chi connectivity index (χ4v) is 3.80. The molecule has 0 radical (unpaired) electrons. The molecule has 2 atom stereocenters. The molecule has 0 bridgehead atoms. The topological polar surface area (TPSA) is 45.5 Å². The van der Waals surface area contributed by atoms with Gasteiger partial charge in [-0.3, -0.25) is 0 Å². The summed E-state index contributed by atoms with van der Waals surface area (Å²) in [5.74, 6) is -0.429. The van der Waals surface area contributed by atoms with Crippen molar-refractivity contribution in [3.05, 3.63) is 83.7 Å². The summed E-state index contributed by atoms with van der Waals surface area (Å²) < 4.78 is 34.1. The fraction of sp³-hybridized carbons (Fsp3) is 0.348. The lowest BCUT2D eigenvalue weighted by Gasteiger charge is -2.40. The zero-order valence-electron chi connectivity index (χ0n) is 16.7.